The fourth-order valence-corrected chi connectivity index (χ4v) is 5.86. The van der Waals surface area contributed by atoms with E-state index >= 15 is 0 Å². The lowest BCUT2D eigenvalue weighted by atomic mass is 9.80. The minimum absolute atomic E-state index is 0.0362. The molecule has 7 nitrogen and oxygen atoms in total. The van der Waals surface area contributed by atoms with Gasteiger partial charge in [0.25, 0.3) is 5.91 Å². The summed E-state index contributed by atoms with van der Waals surface area (Å²) in [4.78, 5) is 21.1. The molecule has 0 bridgehead atoms. The van der Waals surface area contributed by atoms with Gasteiger partial charge < -0.3 is 24.9 Å². The summed E-state index contributed by atoms with van der Waals surface area (Å²) in [5.74, 6) is 0.490. The van der Waals surface area contributed by atoms with Gasteiger partial charge in [-0.3, -0.25) is 4.79 Å². The first kappa shape index (κ1) is 25.3. The SMILES string of the molecule is CCO[C@@H]1OC(C(=O)NCc2nc3ccccc3[nH]2)=C[C@H](c2ccc3c(c2)Cc2ccccc2-3)[C@@H]1CCCO. The number of amides is 1. The van der Waals surface area contributed by atoms with Crippen LogP contribution in [0.1, 0.15) is 48.2 Å². The van der Waals surface area contributed by atoms with E-state index in [4.69, 9.17) is 9.47 Å². The summed E-state index contributed by atoms with van der Waals surface area (Å²) in [6, 6.07) is 22.9. The van der Waals surface area contributed by atoms with Crippen LogP contribution in [0.2, 0.25) is 0 Å². The number of fused-ring (bicyclic) bond motifs is 4. The Morgan fingerprint density at radius 2 is 1.92 bits per heavy atom. The molecule has 2 aliphatic rings. The van der Waals surface area contributed by atoms with Gasteiger partial charge in [0, 0.05) is 25.0 Å². The van der Waals surface area contributed by atoms with Crippen molar-refractivity contribution in [2.75, 3.05) is 13.2 Å². The second kappa shape index (κ2) is 11.0. The molecule has 7 heteroatoms. The Balaban J connectivity index is 1.29. The Labute approximate surface area is 227 Å². The quantitative estimate of drug-likeness (QED) is 0.247. The second-order valence-corrected chi connectivity index (χ2v) is 10.2. The lowest BCUT2D eigenvalue weighted by Crippen LogP contribution is -2.39. The lowest BCUT2D eigenvalue weighted by molar-refractivity contribution is -0.166. The summed E-state index contributed by atoms with van der Waals surface area (Å²) >= 11 is 0. The molecule has 6 rings (SSSR count). The molecule has 0 saturated heterocycles. The Morgan fingerprint density at radius 1 is 1.10 bits per heavy atom. The van der Waals surface area contributed by atoms with Gasteiger partial charge in [0.1, 0.15) is 5.82 Å². The summed E-state index contributed by atoms with van der Waals surface area (Å²) < 4.78 is 12.2. The molecule has 39 heavy (non-hydrogen) atoms. The number of hydrogen-bond donors (Lipinski definition) is 3. The standard InChI is InChI=1S/C32H33N3O4/c1-2-38-32-25(10-7-15-36)26(21-13-14-24-22(17-21)16-20-8-3-4-9-23(20)24)18-29(39-32)31(37)33-19-30-34-27-11-5-6-12-28(27)35-30/h3-6,8-9,11-14,17-18,25-26,32,36H,2,7,10,15-16,19H2,1H3,(H,33,37)(H,34,35)/t25-,26+,32+/m0/s1. The predicted molar refractivity (Wildman–Crippen MR) is 150 cm³/mol. The third-order valence-electron chi connectivity index (χ3n) is 7.69. The van der Waals surface area contributed by atoms with Gasteiger partial charge in [-0.1, -0.05) is 54.6 Å². The van der Waals surface area contributed by atoms with Gasteiger partial charge in [0.2, 0.25) is 6.29 Å². The highest BCUT2D eigenvalue weighted by atomic mass is 16.7. The number of benzene rings is 3. The number of carbonyl (C=O) groups excluding carboxylic acids is 1. The Hall–Kier alpha value is -3.94. The van der Waals surface area contributed by atoms with Crippen LogP contribution in [0, 0.1) is 5.92 Å². The molecule has 1 amide bonds. The maximum absolute atomic E-state index is 13.3. The van der Waals surface area contributed by atoms with Gasteiger partial charge in [-0.05, 0) is 72.2 Å². The highest BCUT2D eigenvalue weighted by molar-refractivity contribution is 5.91. The van der Waals surface area contributed by atoms with Crippen LogP contribution in [0.4, 0.5) is 0 Å². The molecule has 2 heterocycles. The zero-order valence-electron chi connectivity index (χ0n) is 22.0. The van der Waals surface area contributed by atoms with Gasteiger partial charge in [-0.2, -0.15) is 0 Å². The molecule has 1 aliphatic carbocycles. The molecule has 4 aromatic rings. The van der Waals surface area contributed by atoms with Gasteiger partial charge in [0.15, 0.2) is 5.76 Å². The number of aromatic amines is 1. The maximum Gasteiger partial charge on any atom is 0.286 e. The van der Waals surface area contributed by atoms with E-state index in [9.17, 15) is 9.90 Å². The Kier molecular flexibility index (Phi) is 7.18. The summed E-state index contributed by atoms with van der Waals surface area (Å²) in [6.45, 7) is 2.73. The molecule has 0 fully saturated rings. The van der Waals surface area contributed by atoms with Crippen molar-refractivity contribution >= 4 is 16.9 Å². The van der Waals surface area contributed by atoms with Crippen LogP contribution >= 0.6 is 0 Å². The molecule has 3 N–H and O–H groups in total. The van der Waals surface area contributed by atoms with E-state index < -0.39 is 6.29 Å². The molecular weight excluding hydrogens is 490 g/mol. The number of nitrogens with zero attached hydrogens (tertiary/aromatic N) is 1. The molecule has 200 valence electrons. The molecule has 0 radical (unpaired) electrons. The molecule has 3 aromatic carbocycles. The average Bonchev–Trinajstić information content (AvgIpc) is 3.55. The topological polar surface area (TPSA) is 96.5 Å². The molecule has 0 unspecified atom stereocenters. The first-order valence-electron chi connectivity index (χ1n) is 13.7. The minimum atomic E-state index is -0.589. The van der Waals surface area contributed by atoms with Crippen LogP contribution in [-0.4, -0.2) is 40.5 Å². The summed E-state index contributed by atoms with van der Waals surface area (Å²) in [6.07, 6.45) is 3.58. The zero-order valence-corrected chi connectivity index (χ0v) is 22.0. The van der Waals surface area contributed by atoms with Crippen LogP contribution in [0.5, 0.6) is 0 Å². The number of H-pyrrole nitrogens is 1. The van der Waals surface area contributed by atoms with Gasteiger partial charge in [-0.15, -0.1) is 0 Å². The molecule has 0 spiro atoms. The van der Waals surface area contributed by atoms with Crippen LogP contribution in [-0.2, 0) is 27.2 Å². The number of nitrogens with one attached hydrogen (secondary N) is 2. The normalized spacial score (nSPS) is 19.7. The monoisotopic (exact) mass is 523 g/mol. The largest absolute Gasteiger partial charge is 0.459 e. The number of imidazole rings is 1. The van der Waals surface area contributed by atoms with Crippen molar-refractivity contribution in [3.8, 4) is 11.1 Å². The van der Waals surface area contributed by atoms with E-state index in [1.165, 1.54) is 22.3 Å². The van der Waals surface area contributed by atoms with E-state index in [2.05, 4.69) is 57.7 Å². The van der Waals surface area contributed by atoms with Gasteiger partial charge in [0.05, 0.1) is 17.6 Å². The number of hydrogen-bond acceptors (Lipinski definition) is 5. The highest BCUT2D eigenvalue weighted by Crippen LogP contribution is 2.43. The molecular formula is C32H33N3O4. The van der Waals surface area contributed by atoms with Crippen molar-refractivity contribution in [2.45, 2.75) is 44.9 Å². The van der Waals surface area contributed by atoms with Crippen molar-refractivity contribution in [1.82, 2.24) is 15.3 Å². The van der Waals surface area contributed by atoms with E-state index in [1.807, 2.05) is 37.3 Å². The molecule has 1 aliphatic heterocycles. The molecule has 0 saturated carbocycles. The fourth-order valence-electron chi connectivity index (χ4n) is 5.86. The smallest absolute Gasteiger partial charge is 0.286 e. The van der Waals surface area contributed by atoms with E-state index in [1.54, 1.807) is 0 Å². The van der Waals surface area contributed by atoms with Gasteiger partial charge >= 0.3 is 0 Å². The van der Waals surface area contributed by atoms with Crippen molar-refractivity contribution in [3.63, 3.8) is 0 Å². The highest BCUT2D eigenvalue weighted by Gasteiger charge is 2.38. The van der Waals surface area contributed by atoms with Crippen LogP contribution < -0.4 is 5.32 Å². The van der Waals surface area contributed by atoms with Crippen molar-refractivity contribution in [2.24, 2.45) is 5.92 Å². The van der Waals surface area contributed by atoms with E-state index in [0.717, 1.165) is 23.0 Å². The summed E-state index contributed by atoms with van der Waals surface area (Å²) in [7, 11) is 0. The first-order valence-corrected chi connectivity index (χ1v) is 13.7. The summed E-state index contributed by atoms with van der Waals surface area (Å²) in [5.41, 5.74) is 8.09. The average molecular weight is 524 g/mol. The number of aliphatic hydroxyl groups excluding tert-OH is 1. The number of aromatic nitrogens is 2. The molecule has 3 atom stereocenters. The summed E-state index contributed by atoms with van der Waals surface area (Å²) in [5, 5.41) is 12.6. The Morgan fingerprint density at radius 3 is 2.77 bits per heavy atom. The van der Waals surface area contributed by atoms with Gasteiger partial charge in [-0.25, -0.2) is 4.98 Å². The minimum Gasteiger partial charge on any atom is -0.459 e. The number of para-hydroxylation sites is 2. The van der Waals surface area contributed by atoms with E-state index in [-0.39, 0.29) is 36.7 Å². The van der Waals surface area contributed by atoms with Crippen molar-refractivity contribution in [1.29, 1.82) is 0 Å². The first-order chi connectivity index (χ1) is 19.1. The lowest BCUT2D eigenvalue weighted by Gasteiger charge is -2.37. The maximum atomic E-state index is 13.3. The second-order valence-electron chi connectivity index (χ2n) is 10.2. The number of rotatable bonds is 9. The van der Waals surface area contributed by atoms with Crippen molar-refractivity contribution < 1.29 is 19.4 Å². The number of allylic oxidation sites excluding steroid dienone is 1. The van der Waals surface area contributed by atoms with Crippen LogP contribution in [0.3, 0.4) is 0 Å². The fraction of sp³-hybridized carbons (Fsp3) is 0.312. The third kappa shape index (κ3) is 5.07. The number of ether oxygens (including phenoxy) is 2. The predicted octanol–water partition coefficient (Wildman–Crippen LogP) is 5.20. The number of aliphatic hydroxyl groups is 1. The van der Waals surface area contributed by atoms with Crippen LogP contribution in [0.15, 0.2) is 78.6 Å². The zero-order chi connectivity index (χ0) is 26.8. The molecule has 1 aromatic heterocycles. The van der Waals surface area contributed by atoms with Crippen LogP contribution in [0.25, 0.3) is 22.2 Å². The Bertz CT molecular complexity index is 1490. The van der Waals surface area contributed by atoms with E-state index in [0.29, 0.717) is 25.3 Å². The van der Waals surface area contributed by atoms with Crippen molar-refractivity contribution in [3.05, 3.63) is 101 Å². The third-order valence-corrected chi connectivity index (χ3v) is 7.69. The number of carbonyl (C=O) groups is 1.